The maximum atomic E-state index is 13.4. The summed E-state index contributed by atoms with van der Waals surface area (Å²) >= 11 is 6.06. The third-order valence-electron chi connectivity index (χ3n) is 2.42. The lowest BCUT2D eigenvalue weighted by molar-refractivity contribution is -0.111. The van der Waals surface area contributed by atoms with E-state index >= 15 is 0 Å². The number of halogens is 2. The van der Waals surface area contributed by atoms with Crippen molar-refractivity contribution in [3.63, 3.8) is 0 Å². The van der Waals surface area contributed by atoms with Crippen LogP contribution < -0.4 is 10.6 Å². The minimum Gasteiger partial charge on any atom is -0.337 e. The molecule has 0 saturated heterocycles. The number of carbonyl (C=O) groups is 1. The van der Waals surface area contributed by atoms with E-state index in [1.165, 1.54) is 24.3 Å². The fourth-order valence-electron chi connectivity index (χ4n) is 1.50. The molecule has 1 aromatic rings. The van der Waals surface area contributed by atoms with Crippen LogP contribution in [0.1, 0.15) is 13.8 Å². The van der Waals surface area contributed by atoms with Crippen LogP contribution in [-0.2, 0) is 4.79 Å². The molecule has 0 atom stereocenters. The topological polar surface area (TPSA) is 53.5 Å². The Balaban J connectivity index is 3.25. The third-order valence-corrected chi connectivity index (χ3v) is 2.75. The Hall–Kier alpha value is -2.40. The largest absolute Gasteiger partial charge is 0.337 e. The summed E-state index contributed by atoms with van der Waals surface area (Å²) in [4.78, 5) is 15.7. The highest BCUT2D eigenvalue weighted by atomic mass is 35.5. The van der Waals surface area contributed by atoms with Gasteiger partial charge in [0.2, 0.25) is 5.91 Å². The number of nitrogens with zero attached hydrogens (tertiary/aromatic N) is 1. The number of hydrogen-bond donors (Lipinski definition) is 2. The average molecular weight is 322 g/mol. The second kappa shape index (κ2) is 8.14. The van der Waals surface area contributed by atoms with Gasteiger partial charge in [-0.15, -0.1) is 0 Å². The molecule has 0 heterocycles. The van der Waals surface area contributed by atoms with Crippen molar-refractivity contribution in [2.24, 2.45) is 4.99 Å². The zero-order valence-corrected chi connectivity index (χ0v) is 13.2. The van der Waals surface area contributed by atoms with Crippen molar-refractivity contribution in [1.82, 2.24) is 0 Å². The first-order valence-electron chi connectivity index (χ1n) is 6.41. The van der Waals surface area contributed by atoms with Crippen LogP contribution in [0.3, 0.4) is 0 Å². The van der Waals surface area contributed by atoms with Gasteiger partial charge in [-0.05, 0) is 44.2 Å². The molecule has 0 fully saturated rings. The van der Waals surface area contributed by atoms with E-state index < -0.39 is 11.7 Å². The molecular weight excluding hydrogens is 305 g/mol. The van der Waals surface area contributed by atoms with E-state index in [1.807, 2.05) is 0 Å². The Morgan fingerprint density at radius 2 is 1.91 bits per heavy atom. The predicted octanol–water partition coefficient (Wildman–Crippen LogP) is 4.44. The summed E-state index contributed by atoms with van der Waals surface area (Å²) in [6.07, 6.45) is 2.53. The second-order valence-corrected chi connectivity index (χ2v) is 4.88. The van der Waals surface area contributed by atoms with E-state index in [9.17, 15) is 9.18 Å². The van der Waals surface area contributed by atoms with Crippen molar-refractivity contribution >= 4 is 34.6 Å². The highest BCUT2D eigenvalue weighted by Gasteiger charge is 2.09. The van der Waals surface area contributed by atoms with Gasteiger partial charge in [0.05, 0.1) is 16.4 Å². The van der Waals surface area contributed by atoms with Gasteiger partial charge in [0.15, 0.2) is 0 Å². The minimum absolute atomic E-state index is 0.250. The quantitative estimate of drug-likeness (QED) is 0.462. The van der Waals surface area contributed by atoms with Crippen LogP contribution in [0.4, 0.5) is 15.8 Å². The van der Waals surface area contributed by atoms with Crippen LogP contribution in [0.2, 0.25) is 0 Å². The number of hydrogen-bond acceptors (Lipinski definition) is 3. The molecule has 4 nitrogen and oxygen atoms in total. The molecule has 0 aromatic heterocycles. The van der Waals surface area contributed by atoms with Crippen molar-refractivity contribution in [2.45, 2.75) is 13.8 Å². The van der Waals surface area contributed by atoms with Gasteiger partial charge < -0.3 is 10.6 Å². The minimum atomic E-state index is -0.486. The van der Waals surface area contributed by atoms with E-state index in [1.54, 1.807) is 13.8 Å². The fourth-order valence-corrected chi connectivity index (χ4v) is 1.59. The molecule has 2 N–H and O–H groups in total. The lowest BCUT2D eigenvalue weighted by atomic mass is 10.2. The van der Waals surface area contributed by atoms with Gasteiger partial charge in [-0.1, -0.05) is 24.8 Å². The number of anilines is 2. The van der Waals surface area contributed by atoms with Gasteiger partial charge in [0.1, 0.15) is 11.6 Å². The predicted molar refractivity (Wildman–Crippen MR) is 90.7 cm³/mol. The van der Waals surface area contributed by atoms with Crippen LogP contribution in [0.5, 0.6) is 0 Å². The molecule has 22 heavy (non-hydrogen) atoms. The summed E-state index contributed by atoms with van der Waals surface area (Å²) in [7, 11) is 0. The molecule has 0 bridgehead atoms. The van der Waals surface area contributed by atoms with E-state index in [-0.39, 0.29) is 5.69 Å². The molecule has 0 unspecified atom stereocenters. The zero-order valence-electron chi connectivity index (χ0n) is 12.4. The Kier molecular flexibility index (Phi) is 6.53. The number of amides is 1. The van der Waals surface area contributed by atoms with Crippen molar-refractivity contribution < 1.29 is 9.18 Å². The SMILES string of the molecule is C=CC(=O)Nc1cc(F)ccc1N/C(N=C(C)C)=C(\Cl)C=C. The first-order valence-corrected chi connectivity index (χ1v) is 6.79. The highest BCUT2D eigenvalue weighted by molar-refractivity contribution is 6.31. The van der Waals surface area contributed by atoms with Crippen molar-refractivity contribution in [2.75, 3.05) is 10.6 Å². The summed E-state index contributed by atoms with van der Waals surface area (Å²) in [5.41, 5.74) is 1.46. The smallest absolute Gasteiger partial charge is 0.247 e. The second-order valence-electron chi connectivity index (χ2n) is 4.47. The molecule has 0 aliphatic heterocycles. The molecule has 116 valence electrons. The Bertz CT molecular complexity index is 661. The molecule has 0 aliphatic rings. The maximum absolute atomic E-state index is 13.4. The number of aliphatic imine (C=N–C) groups is 1. The van der Waals surface area contributed by atoms with Gasteiger partial charge in [-0.25, -0.2) is 9.38 Å². The number of allylic oxidation sites excluding steroid dienone is 2. The maximum Gasteiger partial charge on any atom is 0.247 e. The number of carbonyl (C=O) groups excluding carboxylic acids is 1. The summed E-state index contributed by atoms with van der Waals surface area (Å²) in [6.45, 7) is 10.6. The molecule has 0 saturated carbocycles. The van der Waals surface area contributed by atoms with Crippen LogP contribution in [0.25, 0.3) is 0 Å². The molecule has 1 aromatic carbocycles. The number of nitrogens with one attached hydrogen (secondary N) is 2. The monoisotopic (exact) mass is 321 g/mol. The molecule has 0 aliphatic carbocycles. The molecule has 0 spiro atoms. The molecule has 1 rings (SSSR count). The van der Waals surface area contributed by atoms with E-state index in [0.29, 0.717) is 16.5 Å². The van der Waals surface area contributed by atoms with Gasteiger partial charge >= 0.3 is 0 Å². The van der Waals surface area contributed by atoms with Crippen LogP contribution in [0.15, 0.2) is 59.4 Å². The summed E-state index contributed by atoms with van der Waals surface area (Å²) in [6, 6.07) is 3.92. The normalized spacial score (nSPS) is 11.1. The van der Waals surface area contributed by atoms with Gasteiger partial charge in [0, 0.05) is 5.71 Å². The molecule has 6 heteroatoms. The van der Waals surface area contributed by atoms with Crippen molar-refractivity contribution in [1.29, 1.82) is 0 Å². The lowest BCUT2D eigenvalue weighted by Crippen LogP contribution is -2.11. The van der Waals surface area contributed by atoms with Gasteiger partial charge in [-0.3, -0.25) is 4.79 Å². The Labute approximate surface area is 134 Å². The first-order chi connectivity index (χ1) is 10.4. The molecular formula is C16H17ClFN3O. The average Bonchev–Trinajstić information content (AvgIpc) is 2.47. The first kappa shape index (κ1) is 17.7. The zero-order chi connectivity index (χ0) is 16.7. The summed E-state index contributed by atoms with van der Waals surface area (Å²) < 4.78 is 13.4. The van der Waals surface area contributed by atoms with Crippen LogP contribution in [-0.4, -0.2) is 11.6 Å². The van der Waals surface area contributed by atoms with Crippen LogP contribution >= 0.6 is 11.6 Å². The van der Waals surface area contributed by atoms with Gasteiger partial charge in [-0.2, -0.15) is 0 Å². The van der Waals surface area contributed by atoms with Gasteiger partial charge in [0.25, 0.3) is 0 Å². The summed E-state index contributed by atoms with van der Waals surface area (Å²) in [5.74, 6) is -0.595. The van der Waals surface area contributed by atoms with Crippen molar-refractivity contribution in [3.05, 3.63) is 60.2 Å². The Morgan fingerprint density at radius 3 is 2.45 bits per heavy atom. The van der Waals surface area contributed by atoms with Crippen LogP contribution in [0, 0.1) is 5.82 Å². The summed E-state index contributed by atoms with van der Waals surface area (Å²) in [5, 5.41) is 5.77. The standard InChI is InChI=1S/C16H17ClFN3O/c1-5-12(17)16(19-10(3)4)21-13-8-7-11(18)9-14(13)20-15(22)6-2/h5-9,21H,1-2H2,3-4H3,(H,20,22)/b16-12-. The van der Waals surface area contributed by atoms with E-state index in [0.717, 1.165) is 11.8 Å². The molecule has 1 amide bonds. The lowest BCUT2D eigenvalue weighted by Gasteiger charge is -2.14. The highest BCUT2D eigenvalue weighted by Crippen LogP contribution is 2.26. The number of rotatable bonds is 6. The fraction of sp³-hybridized carbons (Fsp3) is 0.125. The number of benzene rings is 1. The molecule has 0 radical (unpaired) electrons. The Morgan fingerprint density at radius 1 is 1.23 bits per heavy atom. The van der Waals surface area contributed by atoms with E-state index in [2.05, 4.69) is 28.8 Å². The third kappa shape index (κ3) is 5.18. The van der Waals surface area contributed by atoms with Crippen molar-refractivity contribution in [3.8, 4) is 0 Å². The van der Waals surface area contributed by atoms with E-state index in [4.69, 9.17) is 11.6 Å².